The van der Waals surface area contributed by atoms with Crippen molar-refractivity contribution in [1.29, 1.82) is 0 Å². The molecule has 17 heavy (non-hydrogen) atoms. The molecule has 2 rings (SSSR count). The van der Waals surface area contributed by atoms with E-state index in [1.165, 1.54) is 0 Å². The second-order valence-electron chi connectivity index (χ2n) is 3.34. The molecule has 0 saturated carbocycles. The van der Waals surface area contributed by atoms with E-state index in [2.05, 4.69) is 63.7 Å². The maximum absolute atomic E-state index is 11.6. The van der Waals surface area contributed by atoms with Crippen molar-refractivity contribution >= 4 is 80.4 Å². The summed E-state index contributed by atoms with van der Waals surface area (Å²) in [6.45, 7) is 0. The number of fused-ring (bicyclic) bond motifs is 1. The molecule has 2 aromatic rings. The molecule has 88 valence electrons. The minimum Gasteiger partial charge on any atom is -0.366 e. The Bertz CT molecular complexity index is 639. The molecule has 0 unspecified atom stereocenters. The highest BCUT2D eigenvalue weighted by molar-refractivity contribution is 9.14. The van der Waals surface area contributed by atoms with Crippen LogP contribution in [0.5, 0.6) is 0 Å². The molecule has 0 spiro atoms. The first-order valence-corrected chi connectivity index (χ1v) is 7.66. The molecule has 6 heteroatoms. The van der Waals surface area contributed by atoms with Crippen molar-refractivity contribution < 1.29 is 4.79 Å². The largest absolute Gasteiger partial charge is 0.366 e. The van der Waals surface area contributed by atoms with E-state index in [0.29, 0.717) is 10.0 Å². The molecule has 2 aromatic carbocycles. The first-order valence-electron chi connectivity index (χ1n) is 4.49. The molecular formula is C11H5Br4NO. The number of carbonyl (C=O) groups excluding carboxylic acids is 1. The summed E-state index contributed by atoms with van der Waals surface area (Å²) in [7, 11) is 0. The van der Waals surface area contributed by atoms with E-state index < -0.39 is 5.91 Å². The summed E-state index contributed by atoms with van der Waals surface area (Å²) in [5.41, 5.74) is 5.90. The van der Waals surface area contributed by atoms with E-state index in [1.807, 2.05) is 18.2 Å². The van der Waals surface area contributed by atoms with E-state index in [-0.39, 0.29) is 0 Å². The van der Waals surface area contributed by atoms with Gasteiger partial charge in [-0.3, -0.25) is 4.79 Å². The molecule has 0 aliphatic heterocycles. The number of amides is 1. The van der Waals surface area contributed by atoms with Gasteiger partial charge in [0.25, 0.3) is 5.91 Å². The standard InChI is InChI=1S/C11H5Br4NO/c12-5-3-1-2-4-6(5)8(13)10(15)9(14)7(4)11(16)17/h1-3H,(H2,16,17). The van der Waals surface area contributed by atoms with Gasteiger partial charge in [-0.25, -0.2) is 0 Å². The lowest BCUT2D eigenvalue weighted by Gasteiger charge is -2.12. The van der Waals surface area contributed by atoms with Crippen LogP contribution in [-0.2, 0) is 0 Å². The Kier molecular flexibility index (Phi) is 3.97. The zero-order chi connectivity index (χ0) is 12.7. The van der Waals surface area contributed by atoms with E-state index >= 15 is 0 Å². The van der Waals surface area contributed by atoms with Crippen LogP contribution in [0.4, 0.5) is 0 Å². The molecule has 2 nitrogen and oxygen atoms in total. The second-order valence-corrected chi connectivity index (χ2v) is 6.58. The van der Waals surface area contributed by atoms with Gasteiger partial charge < -0.3 is 5.73 Å². The van der Waals surface area contributed by atoms with E-state index in [1.54, 1.807) is 0 Å². The lowest BCUT2D eigenvalue weighted by Crippen LogP contribution is -2.13. The van der Waals surface area contributed by atoms with Gasteiger partial charge in [0, 0.05) is 23.3 Å². The van der Waals surface area contributed by atoms with Crippen LogP contribution in [0.3, 0.4) is 0 Å². The average molecular weight is 487 g/mol. The molecule has 0 radical (unpaired) electrons. The number of nitrogens with two attached hydrogens (primary N) is 1. The van der Waals surface area contributed by atoms with Gasteiger partial charge in [0.15, 0.2) is 0 Å². The third-order valence-corrected chi connectivity index (χ3v) is 6.46. The minimum atomic E-state index is -0.465. The maximum atomic E-state index is 11.6. The van der Waals surface area contributed by atoms with Crippen molar-refractivity contribution in [2.24, 2.45) is 5.73 Å². The van der Waals surface area contributed by atoms with Crippen LogP contribution >= 0.6 is 63.7 Å². The Morgan fingerprint density at radius 3 is 2.24 bits per heavy atom. The van der Waals surface area contributed by atoms with Crippen LogP contribution in [0.2, 0.25) is 0 Å². The number of benzene rings is 2. The summed E-state index contributed by atoms with van der Waals surface area (Å²) >= 11 is 13.8. The monoisotopic (exact) mass is 483 g/mol. The third kappa shape index (κ3) is 2.20. The van der Waals surface area contributed by atoms with Gasteiger partial charge in [-0.2, -0.15) is 0 Å². The molecule has 0 aromatic heterocycles. The van der Waals surface area contributed by atoms with Crippen LogP contribution in [0.1, 0.15) is 10.4 Å². The van der Waals surface area contributed by atoms with Gasteiger partial charge in [0.05, 0.1) is 5.56 Å². The summed E-state index contributed by atoms with van der Waals surface area (Å²) in [6.07, 6.45) is 0. The van der Waals surface area contributed by atoms with E-state index in [9.17, 15) is 4.79 Å². The van der Waals surface area contributed by atoms with E-state index in [0.717, 1.165) is 24.2 Å². The fourth-order valence-corrected chi connectivity index (χ4v) is 4.36. The summed E-state index contributed by atoms with van der Waals surface area (Å²) in [4.78, 5) is 11.6. The second kappa shape index (κ2) is 4.99. The van der Waals surface area contributed by atoms with Crippen LogP contribution in [0.25, 0.3) is 10.8 Å². The molecule has 0 heterocycles. The molecule has 0 bridgehead atoms. The van der Waals surface area contributed by atoms with E-state index in [4.69, 9.17) is 5.73 Å². The van der Waals surface area contributed by atoms with Gasteiger partial charge in [-0.15, -0.1) is 0 Å². The van der Waals surface area contributed by atoms with Crippen LogP contribution in [-0.4, -0.2) is 5.91 Å². The van der Waals surface area contributed by atoms with Gasteiger partial charge >= 0.3 is 0 Å². The van der Waals surface area contributed by atoms with Crippen LogP contribution in [0, 0.1) is 0 Å². The molecule has 0 aliphatic rings. The van der Waals surface area contributed by atoms with Crippen molar-refractivity contribution in [3.63, 3.8) is 0 Å². The fraction of sp³-hybridized carbons (Fsp3) is 0. The number of halogens is 4. The summed E-state index contributed by atoms with van der Waals surface area (Å²) < 4.78 is 3.20. The summed E-state index contributed by atoms with van der Waals surface area (Å²) in [5, 5.41) is 1.71. The number of primary amides is 1. The quantitative estimate of drug-likeness (QED) is 0.567. The van der Waals surface area contributed by atoms with Crippen LogP contribution in [0.15, 0.2) is 36.1 Å². The normalized spacial score (nSPS) is 10.8. The maximum Gasteiger partial charge on any atom is 0.250 e. The summed E-state index contributed by atoms with van der Waals surface area (Å²) in [5.74, 6) is -0.465. The minimum absolute atomic E-state index is 0.465. The topological polar surface area (TPSA) is 43.1 Å². The Labute approximate surface area is 131 Å². The lowest BCUT2D eigenvalue weighted by molar-refractivity contribution is 0.100. The number of hydrogen-bond acceptors (Lipinski definition) is 1. The Balaban J connectivity index is 3.10. The SMILES string of the molecule is NC(=O)c1c(Br)c(Br)c(Br)c2c(Br)cccc12. The molecular weight excluding hydrogens is 482 g/mol. The highest BCUT2D eigenvalue weighted by Crippen LogP contribution is 2.43. The summed E-state index contributed by atoms with van der Waals surface area (Å²) in [6, 6.07) is 5.64. The molecule has 0 aliphatic carbocycles. The highest BCUT2D eigenvalue weighted by atomic mass is 79.9. The van der Waals surface area contributed by atoms with Crippen molar-refractivity contribution in [3.8, 4) is 0 Å². The first kappa shape index (κ1) is 13.5. The predicted molar refractivity (Wildman–Crippen MR) is 83.3 cm³/mol. The van der Waals surface area contributed by atoms with Gasteiger partial charge in [0.1, 0.15) is 0 Å². The number of hydrogen-bond donors (Lipinski definition) is 1. The predicted octanol–water partition coefficient (Wildman–Crippen LogP) is 4.99. The molecule has 0 atom stereocenters. The Hall–Kier alpha value is 0.0900. The van der Waals surface area contributed by atoms with Crippen molar-refractivity contribution in [3.05, 3.63) is 41.7 Å². The number of carbonyl (C=O) groups is 1. The molecule has 1 amide bonds. The molecule has 2 N–H and O–H groups in total. The fourth-order valence-electron chi connectivity index (χ4n) is 1.63. The highest BCUT2D eigenvalue weighted by Gasteiger charge is 2.19. The Morgan fingerprint density at radius 1 is 1.00 bits per heavy atom. The third-order valence-electron chi connectivity index (χ3n) is 2.35. The molecule has 0 saturated heterocycles. The van der Waals surface area contributed by atoms with Gasteiger partial charge in [-0.05, 0) is 59.2 Å². The van der Waals surface area contributed by atoms with Gasteiger partial charge in [-0.1, -0.05) is 28.1 Å². The average Bonchev–Trinajstić information content (AvgIpc) is 2.25. The van der Waals surface area contributed by atoms with Crippen LogP contribution < -0.4 is 5.73 Å². The van der Waals surface area contributed by atoms with Gasteiger partial charge in [0.2, 0.25) is 0 Å². The number of rotatable bonds is 1. The van der Waals surface area contributed by atoms with Crippen molar-refractivity contribution in [2.75, 3.05) is 0 Å². The van der Waals surface area contributed by atoms with Crippen molar-refractivity contribution in [1.82, 2.24) is 0 Å². The lowest BCUT2D eigenvalue weighted by atomic mass is 10.0. The Morgan fingerprint density at radius 2 is 1.65 bits per heavy atom. The van der Waals surface area contributed by atoms with Crippen molar-refractivity contribution in [2.45, 2.75) is 0 Å². The smallest absolute Gasteiger partial charge is 0.250 e. The zero-order valence-electron chi connectivity index (χ0n) is 8.23. The zero-order valence-corrected chi connectivity index (χ0v) is 14.6. The molecule has 0 fully saturated rings. The first-order chi connectivity index (χ1) is 7.95.